The third-order valence-electron chi connectivity index (χ3n) is 10.2. The largest absolute Gasteiger partial charge is 0.309 e. The Morgan fingerprint density at radius 2 is 1.48 bits per heavy atom. The monoisotopic (exact) mass is 547 g/mol. The Labute approximate surface area is 249 Å². The topological polar surface area (TPSA) is 8.81 Å². The van der Waals surface area contributed by atoms with Gasteiger partial charge in [0.25, 0.3) is 0 Å². The predicted molar refractivity (Wildman–Crippen MR) is 178 cm³/mol. The van der Waals surface area contributed by atoms with Gasteiger partial charge in [0.2, 0.25) is 5.69 Å². The molecule has 0 saturated carbocycles. The van der Waals surface area contributed by atoms with Crippen LogP contribution in [0.4, 0.5) is 0 Å². The van der Waals surface area contributed by atoms with Gasteiger partial charge in [0.15, 0.2) is 12.4 Å². The molecule has 0 N–H and O–H groups in total. The Morgan fingerprint density at radius 3 is 2.26 bits per heavy atom. The molecule has 2 aromatic heterocycles. The van der Waals surface area contributed by atoms with Gasteiger partial charge in [-0.15, -0.1) is 0 Å². The van der Waals surface area contributed by atoms with Crippen LogP contribution in [0.3, 0.4) is 0 Å². The summed E-state index contributed by atoms with van der Waals surface area (Å²) in [4.78, 5) is 0. The van der Waals surface area contributed by atoms with Crippen molar-refractivity contribution in [1.82, 2.24) is 4.57 Å². The molecule has 0 unspecified atom stereocenters. The van der Waals surface area contributed by atoms with Gasteiger partial charge in [-0.05, 0) is 89.1 Å². The Bertz CT molecular complexity index is 2020. The number of fused-ring (bicyclic) bond motifs is 6. The smallest absolute Gasteiger partial charge is 0.218 e. The van der Waals surface area contributed by atoms with Crippen molar-refractivity contribution in [3.63, 3.8) is 0 Å². The van der Waals surface area contributed by atoms with E-state index < -0.39 is 0 Å². The maximum absolute atomic E-state index is 4.13. The first-order valence-electron chi connectivity index (χ1n) is 15.3. The van der Waals surface area contributed by atoms with E-state index in [-0.39, 0.29) is 10.8 Å². The van der Waals surface area contributed by atoms with Gasteiger partial charge >= 0.3 is 0 Å². The minimum Gasteiger partial charge on any atom is -0.309 e. The average Bonchev–Trinajstić information content (AvgIpc) is 3.48. The zero-order valence-corrected chi connectivity index (χ0v) is 25.4. The lowest BCUT2D eigenvalue weighted by atomic mass is 9.75. The zero-order chi connectivity index (χ0) is 29.2. The molecule has 0 spiro atoms. The van der Waals surface area contributed by atoms with Crippen molar-refractivity contribution in [3.05, 3.63) is 127 Å². The summed E-state index contributed by atoms with van der Waals surface area (Å²) in [6.07, 6.45) is 6.16. The van der Waals surface area contributed by atoms with Crippen LogP contribution in [0.5, 0.6) is 0 Å². The average molecular weight is 548 g/mol. The molecule has 0 amide bonds. The second-order valence-corrected chi connectivity index (χ2v) is 12.6. The highest BCUT2D eigenvalue weighted by molar-refractivity contribution is 6.11. The number of nitrogens with zero attached hydrogens (tertiary/aromatic N) is 2. The van der Waals surface area contributed by atoms with E-state index >= 15 is 0 Å². The first-order valence-corrected chi connectivity index (χ1v) is 15.3. The Balaban J connectivity index is 1.56. The summed E-state index contributed by atoms with van der Waals surface area (Å²) in [5, 5.41) is 2.59. The van der Waals surface area contributed by atoms with Crippen LogP contribution in [0.15, 0.2) is 110 Å². The molecule has 1 aliphatic rings. The molecule has 0 saturated heterocycles. The van der Waals surface area contributed by atoms with Crippen molar-refractivity contribution in [2.24, 2.45) is 0 Å². The number of pyridine rings is 1. The standard InChI is InChI=1S/C40H39N2/c1-7-40(6,8-2)34-22-21-27(24-32(34)36-19-14-15-23-41(36)9-3)42-37-20-13-11-17-29(37)31-25-30-28-16-10-12-18-33(28)39(4,5)35(30)26-38(31)42/h9-26H,3,7-8H2,1-2,4-6H3/q+1. The van der Waals surface area contributed by atoms with Gasteiger partial charge in [0.1, 0.15) is 0 Å². The van der Waals surface area contributed by atoms with Crippen molar-refractivity contribution in [3.8, 4) is 28.1 Å². The normalized spacial score (nSPS) is 13.8. The van der Waals surface area contributed by atoms with E-state index in [1.165, 1.54) is 60.9 Å². The molecule has 2 nitrogen and oxygen atoms in total. The van der Waals surface area contributed by atoms with Crippen LogP contribution in [0.1, 0.15) is 64.2 Å². The number of hydrogen-bond donors (Lipinski definition) is 0. The molecule has 6 aromatic rings. The minimum atomic E-state index is -0.0555. The van der Waals surface area contributed by atoms with Gasteiger partial charge in [0, 0.05) is 34.0 Å². The molecule has 208 valence electrons. The molecule has 0 fully saturated rings. The first-order chi connectivity index (χ1) is 20.3. The highest BCUT2D eigenvalue weighted by atomic mass is 15.0. The molecule has 4 aromatic carbocycles. The minimum absolute atomic E-state index is 0.0555. The number of rotatable bonds is 6. The Hall–Kier alpha value is -4.43. The van der Waals surface area contributed by atoms with Crippen LogP contribution in [-0.2, 0) is 10.8 Å². The summed E-state index contributed by atoms with van der Waals surface area (Å²) in [5.41, 5.74) is 13.0. The lowest BCUT2D eigenvalue weighted by Crippen LogP contribution is -2.30. The summed E-state index contributed by atoms with van der Waals surface area (Å²) in [7, 11) is 0. The summed E-state index contributed by atoms with van der Waals surface area (Å²) in [6.45, 7) is 15.9. The van der Waals surface area contributed by atoms with Gasteiger partial charge in [-0.1, -0.05) is 83.1 Å². The quantitative estimate of drug-likeness (QED) is 0.183. The first kappa shape index (κ1) is 26.5. The summed E-state index contributed by atoms with van der Waals surface area (Å²) < 4.78 is 4.63. The molecule has 0 atom stereocenters. The summed E-state index contributed by atoms with van der Waals surface area (Å²) in [6, 6.07) is 36.2. The fourth-order valence-electron chi connectivity index (χ4n) is 7.33. The van der Waals surface area contributed by atoms with Gasteiger partial charge in [-0.25, -0.2) is 0 Å². The number of aromatic nitrogens is 2. The Kier molecular flexibility index (Phi) is 6.02. The maximum atomic E-state index is 4.13. The molecular weight excluding hydrogens is 508 g/mol. The molecule has 1 aliphatic carbocycles. The van der Waals surface area contributed by atoms with Crippen molar-refractivity contribution in [2.45, 2.75) is 58.3 Å². The number of para-hydroxylation sites is 1. The van der Waals surface area contributed by atoms with Crippen LogP contribution in [0.25, 0.3) is 56.1 Å². The molecule has 0 radical (unpaired) electrons. The molecule has 0 aliphatic heterocycles. The van der Waals surface area contributed by atoms with Gasteiger partial charge in [-0.3, -0.25) is 0 Å². The van der Waals surface area contributed by atoms with Crippen molar-refractivity contribution in [2.75, 3.05) is 0 Å². The summed E-state index contributed by atoms with van der Waals surface area (Å²) >= 11 is 0. The van der Waals surface area contributed by atoms with E-state index in [1.54, 1.807) is 0 Å². The predicted octanol–water partition coefficient (Wildman–Crippen LogP) is 10.2. The van der Waals surface area contributed by atoms with E-state index in [9.17, 15) is 0 Å². The van der Waals surface area contributed by atoms with Crippen molar-refractivity contribution < 1.29 is 4.57 Å². The van der Waals surface area contributed by atoms with Crippen LogP contribution in [0.2, 0.25) is 0 Å². The van der Waals surface area contributed by atoms with Crippen molar-refractivity contribution in [1.29, 1.82) is 0 Å². The highest BCUT2D eigenvalue weighted by Crippen LogP contribution is 2.51. The van der Waals surface area contributed by atoms with Crippen LogP contribution >= 0.6 is 0 Å². The lowest BCUT2D eigenvalue weighted by Gasteiger charge is -2.29. The third kappa shape index (κ3) is 3.67. The molecule has 2 heterocycles. The van der Waals surface area contributed by atoms with E-state index in [0.29, 0.717) is 0 Å². The van der Waals surface area contributed by atoms with Crippen LogP contribution in [-0.4, -0.2) is 4.57 Å². The summed E-state index contributed by atoms with van der Waals surface area (Å²) in [5.74, 6) is 0. The van der Waals surface area contributed by atoms with E-state index in [2.05, 4.69) is 154 Å². The molecule has 2 heteroatoms. The highest BCUT2D eigenvalue weighted by Gasteiger charge is 2.36. The lowest BCUT2D eigenvalue weighted by molar-refractivity contribution is -0.555. The molecule has 0 bridgehead atoms. The van der Waals surface area contributed by atoms with Crippen molar-refractivity contribution >= 4 is 28.0 Å². The third-order valence-corrected chi connectivity index (χ3v) is 10.2. The zero-order valence-electron chi connectivity index (χ0n) is 25.4. The molecule has 7 rings (SSSR count). The maximum Gasteiger partial charge on any atom is 0.218 e. The molecule has 42 heavy (non-hydrogen) atoms. The van der Waals surface area contributed by atoms with E-state index in [0.717, 1.165) is 18.5 Å². The van der Waals surface area contributed by atoms with E-state index in [1.807, 2.05) is 6.20 Å². The van der Waals surface area contributed by atoms with E-state index in [4.69, 9.17) is 0 Å². The second kappa shape index (κ2) is 9.56. The van der Waals surface area contributed by atoms with Gasteiger partial charge in [0.05, 0.1) is 16.6 Å². The number of hydrogen-bond acceptors (Lipinski definition) is 0. The Morgan fingerprint density at radius 1 is 0.738 bits per heavy atom. The van der Waals surface area contributed by atoms with Gasteiger partial charge in [-0.2, -0.15) is 4.57 Å². The van der Waals surface area contributed by atoms with Gasteiger partial charge < -0.3 is 4.57 Å². The number of benzene rings is 4. The molecular formula is C40H39N2+. The second-order valence-electron chi connectivity index (χ2n) is 12.6. The van der Waals surface area contributed by atoms with Crippen LogP contribution in [0, 0.1) is 0 Å². The fraction of sp³-hybridized carbons (Fsp3) is 0.225. The fourth-order valence-corrected chi connectivity index (χ4v) is 7.33. The SMILES string of the molecule is C=C[n+]1ccccc1-c1cc(-n2c3ccccc3c3cc4c(cc32)C(C)(C)c2ccccc2-4)ccc1C(C)(CC)CC. The van der Waals surface area contributed by atoms with Crippen LogP contribution < -0.4 is 4.57 Å².